The lowest BCUT2D eigenvalue weighted by atomic mass is 10.1. The molecule has 0 saturated heterocycles. The Morgan fingerprint density at radius 1 is 1.15 bits per heavy atom. The van der Waals surface area contributed by atoms with Gasteiger partial charge in [-0.2, -0.15) is 0 Å². The molecule has 0 unspecified atom stereocenters. The van der Waals surface area contributed by atoms with Crippen LogP contribution in [0.25, 0.3) is 21.3 Å². The molecule has 0 saturated carbocycles. The number of nitrogens with one attached hydrogen (secondary N) is 1. The fourth-order valence-electron chi connectivity index (χ4n) is 2.19. The SMILES string of the molecule is CCCNCc1cnc(-c2cncc3ccccc23)s1. The summed E-state index contributed by atoms with van der Waals surface area (Å²) in [5.41, 5.74) is 1.12. The zero-order chi connectivity index (χ0) is 13.8. The molecule has 102 valence electrons. The molecule has 0 aliphatic carbocycles. The minimum absolute atomic E-state index is 0.893. The van der Waals surface area contributed by atoms with Crippen LogP contribution in [0.5, 0.6) is 0 Å². The van der Waals surface area contributed by atoms with Crippen molar-refractivity contribution >= 4 is 22.1 Å². The Balaban J connectivity index is 1.91. The Morgan fingerprint density at radius 3 is 2.95 bits per heavy atom. The van der Waals surface area contributed by atoms with Crippen molar-refractivity contribution in [1.82, 2.24) is 15.3 Å². The molecule has 4 heteroatoms. The Bertz CT molecular complexity index is 700. The molecule has 3 rings (SSSR count). The molecule has 0 aliphatic heterocycles. The van der Waals surface area contributed by atoms with Gasteiger partial charge in [0.25, 0.3) is 0 Å². The number of thiazole rings is 1. The van der Waals surface area contributed by atoms with E-state index in [1.165, 1.54) is 10.3 Å². The van der Waals surface area contributed by atoms with Crippen LogP contribution in [0.15, 0.2) is 42.9 Å². The molecule has 3 aromatic rings. The molecule has 0 amide bonds. The van der Waals surface area contributed by atoms with Crippen LogP contribution in [0, 0.1) is 0 Å². The highest BCUT2D eigenvalue weighted by Crippen LogP contribution is 2.30. The van der Waals surface area contributed by atoms with Crippen LogP contribution < -0.4 is 5.32 Å². The molecule has 0 bridgehead atoms. The Kier molecular flexibility index (Phi) is 4.04. The van der Waals surface area contributed by atoms with E-state index in [1.807, 2.05) is 24.7 Å². The van der Waals surface area contributed by atoms with Crippen LogP contribution in [0.4, 0.5) is 0 Å². The second-order valence-electron chi connectivity index (χ2n) is 4.72. The zero-order valence-corrected chi connectivity index (χ0v) is 12.3. The van der Waals surface area contributed by atoms with Gasteiger partial charge in [-0.15, -0.1) is 11.3 Å². The molecule has 3 nitrogen and oxygen atoms in total. The second kappa shape index (κ2) is 6.11. The maximum absolute atomic E-state index is 4.55. The third kappa shape index (κ3) is 2.71. The van der Waals surface area contributed by atoms with Gasteiger partial charge in [-0.1, -0.05) is 31.2 Å². The summed E-state index contributed by atoms with van der Waals surface area (Å²) in [6.45, 7) is 4.11. The van der Waals surface area contributed by atoms with Gasteiger partial charge in [-0.25, -0.2) is 4.98 Å². The smallest absolute Gasteiger partial charge is 0.125 e. The predicted molar refractivity (Wildman–Crippen MR) is 84.8 cm³/mol. The summed E-state index contributed by atoms with van der Waals surface area (Å²) in [5.74, 6) is 0. The first-order valence-corrected chi connectivity index (χ1v) is 7.68. The number of hydrogen-bond acceptors (Lipinski definition) is 4. The number of pyridine rings is 1. The fourth-order valence-corrected chi connectivity index (χ4v) is 3.10. The van der Waals surface area contributed by atoms with E-state index >= 15 is 0 Å². The Labute approximate surface area is 122 Å². The average Bonchev–Trinajstić information content (AvgIpc) is 2.96. The number of hydrogen-bond donors (Lipinski definition) is 1. The number of fused-ring (bicyclic) bond motifs is 1. The normalized spacial score (nSPS) is 11.1. The number of benzene rings is 1. The quantitative estimate of drug-likeness (QED) is 0.723. The van der Waals surface area contributed by atoms with E-state index in [0.29, 0.717) is 0 Å². The number of nitrogens with zero attached hydrogens (tertiary/aromatic N) is 2. The molecule has 0 spiro atoms. The van der Waals surface area contributed by atoms with Gasteiger partial charge in [-0.05, 0) is 18.4 Å². The summed E-state index contributed by atoms with van der Waals surface area (Å²) in [7, 11) is 0. The van der Waals surface area contributed by atoms with Crippen molar-refractivity contribution in [3.05, 3.63) is 47.7 Å². The van der Waals surface area contributed by atoms with Crippen molar-refractivity contribution < 1.29 is 0 Å². The second-order valence-corrected chi connectivity index (χ2v) is 5.83. The molecule has 1 N–H and O–H groups in total. The lowest BCUT2D eigenvalue weighted by molar-refractivity contribution is 0.681. The van der Waals surface area contributed by atoms with E-state index in [-0.39, 0.29) is 0 Å². The van der Waals surface area contributed by atoms with E-state index in [0.717, 1.165) is 35.5 Å². The summed E-state index contributed by atoms with van der Waals surface area (Å²) in [6.07, 6.45) is 6.92. The predicted octanol–water partition coefficient (Wildman–Crippen LogP) is 3.86. The minimum atomic E-state index is 0.893. The summed E-state index contributed by atoms with van der Waals surface area (Å²) >= 11 is 1.74. The molecule has 1 aromatic carbocycles. The van der Waals surface area contributed by atoms with Gasteiger partial charge in [0.15, 0.2) is 0 Å². The topological polar surface area (TPSA) is 37.8 Å². The average molecular weight is 283 g/mol. The summed E-state index contributed by atoms with van der Waals surface area (Å²) < 4.78 is 0. The van der Waals surface area contributed by atoms with Gasteiger partial charge < -0.3 is 5.32 Å². The monoisotopic (exact) mass is 283 g/mol. The van der Waals surface area contributed by atoms with Gasteiger partial charge in [-0.3, -0.25) is 4.98 Å². The van der Waals surface area contributed by atoms with Crippen LogP contribution in [0.2, 0.25) is 0 Å². The summed E-state index contributed by atoms with van der Waals surface area (Å²) in [5, 5.41) is 6.82. The van der Waals surface area contributed by atoms with Crippen molar-refractivity contribution in [3.63, 3.8) is 0 Å². The summed E-state index contributed by atoms with van der Waals surface area (Å²) in [6, 6.07) is 8.31. The molecule has 0 aliphatic rings. The lowest BCUT2D eigenvalue weighted by Gasteiger charge is -2.02. The largest absolute Gasteiger partial charge is 0.312 e. The molecule has 0 fully saturated rings. The van der Waals surface area contributed by atoms with E-state index in [9.17, 15) is 0 Å². The first-order valence-electron chi connectivity index (χ1n) is 6.87. The molecule has 0 radical (unpaired) electrons. The van der Waals surface area contributed by atoms with Crippen LogP contribution in [-0.2, 0) is 6.54 Å². The third-order valence-corrected chi connectivity index (χ3v) is 4.21. The van der Waals surface area contributed by atoms with Gasteiger partial charge in [0.1, 0.15) is 5.01 Å². The molecule has 0 atom stereocenters. The molecule has 2 heterocycles. The molecular formula is C16H17N3S. The van der Waals surface area contributed by atoms with Gasteiger partial charge in [0, 0.05) is 41.0 Å². The molecule has 2 aromatic heterocycles. The highest BCUT2D eigenvalue weighted by Gasteiger charge is 2.08. The van der Waals surface area contributed by atoms with Crippen LogP contribution in [0.1, 0.15) is 18.2 Å². The van der Waals surface area contributed by atoms with Gasteiger partial charge in [0.2, 0.25) is 0 Å². The van der Waals surface area contributed by atoms with Crippen molar-refractivity contribution in [1.29, 1.82) is 0 Å². The lowest BCUT2D eigenvalue weighted by Crippen LogP contribution is -2.12. The minimum Gasteiger partial charge on any atom is -0.312 e. The standard InChI is InChI=1S/C16H17N3S/c1-2-7-17-9-13-10-19-16(20-13)15-11-18-8-12-5-3-4-6-14(12)15/h3-6,8,10-11,17H,2,7,9H2,1H3. The number of rotatable bonds is 5. The van der Waals surface area contributed by atoms with Crippen molar-refractivity contribution in [2.45, 2.75) is 19.9 Å². The maximum atomic E-state index is 4.55. The van der Waals surface area contributed by atoms with Crippen molar-refractivity contribution in [3.8, 4) is 10.6 Å². The van der Waals surface area contributed by atoms with E-state index in [4.69, 9.17) is 0 Å². The molecular weight excluding hydrogens is 266 g/mol. The first-order chi connectivity index (χ1) is 9.88. The van der Waals surface area contributed by atoms with Gasteiger partial charge >= 0.3 is 0 Å². The van der Waals surface area contributed by atoms with E-state index in [1.54, 1.807) is 11.3 Å². The summed E-state index contributed by atoms with van der Waals surface area (Å²) in [4.78, 5) is 10.1. The molecule has 20 heavy (non-hydrogen) atoms. The van der Waals surface area contributed by atoms with E-state index < -0.39 is 0 Å². The fraction of sp³-hybridized carbons (Fsp3) is 0.250. The third-order valence-electron chi connectivity index (χ3n) is 3.18. The Hall–Kier alpha value is -1.78. The van der Waals surface area contributed by atoms with Crippen LogP contribution in [-0.4, -0.2) is 16.5 Å². The Morgan fingerprint density at radius 2 is 2.05 bits per heavy atom. The highest BCUT2D eigenvalue weighted by atomic mass is 32.1. The maximum Gasteiger partial charge on any atom is 0.125 e. The van der Waals surface area contributed by atoms with Crippen LogP contribution in [0.3, 0.4) is 0 Å². The highest BCUT2D eigenvalue weighted by molar-refractivity contribution is 7.15. The first kappa shape index (κ1) is 13.2. The number of aromatic nitrogens is 2. The van der Waals surface area contributed by atoms with Crippen LogP contribution >= 0.6 is 11.3 Å². The van der Waals surface area contributed by atoms with Crippen molar-refractivity contribution in [2.24, 2.45) is 0 Å². The zero-order valence-electron chi connectivity index (χ0n) is 11.5. The van der Waals surface area contributed by atoms with Crippen molar-refractivity contribution in [2.75, 3.05) is 6.54 Å². The van der Waals surface area contributed by atoms with E-state index in [2.05, 4.69) is 40.4 Å². The van der Waals surface area contributed by atoms with Gasteiger partial charge in [0.05, 0.1) is 0 Å².